The Morgan fingerprint density at radius 1 is 1.40 bits per heavy atom. The van der Waals surface area contributed by atoms with Crippen LogP contribution in [-0.4, -0.2) is 61.3 Å². The van der Waals surface area contributed by atoms with Crippen molar-refractivity contribution in [2.45, 2.75) is 25.2 Å². The summed E-state index contributed by atoms with van der Waals surface area (Å²) in [6.45, 7) is 3.09. The molecule has 1 saturated heterocycles. The first-order valence-corrected chi connectivity index (χ1v) is 5.07. The lowest BCUT2D eigenvalue weighted by Gasteiger charge is -2.41. The Hall–Kier alpha value is -0.330. The summed E-state index contributed by atoms with van der Waals surface area (Å²) in [5.41, 5.74) is 5.19. The van der Waals surface area contributed by atoms with Crippen molar-refractivity contribution in [1.29, 1.82) is 0 Å². The number of alkyl halides is 3. The molecule has 0 aromatic rings. The molecule has 0 spiro atoms. The quantitative estimate of drug-likeness (QED) is 0.743. The first-order valence-electron chi connectivity index (χ1n) is 5.07. The summed E-state index contributed by atoms with van der Waals surface area (Å²) >= 11 is 0. The number of nitrogens with two attached hydrogens (primary N) is 1. The van der Waals surface area contributed by atoms with Crippen molar-refractivity contribution in [3.8, 4) is 0 Å². The second-order valence-corrected chi connectivity index (χ2v) is 4.12. The van der Waals surface area contributed by atoms with Crippen molar-refractivity contribution in [3.63, 3.8) is 0 Å². The van der Waals surface area contributed by atoms with Crippen molar-refractivity contribution in [2.75, 3.05) is 33.2 Å². The van der Waals surface area contributed by atoms with E-state index in [4.69, 9.17) is 5.73 Å². The summed E-state index contributed by atoms with van der Waals surface area (Å²) in [7, 11) is 1.92. The molecule has 1 aliphatic rings. The predicted octanol–water partition coefficient (Wildman–Crippen LogP) is 0.512. The minimum Gasteiger partial charge on any atom is -0.329 e. The normalized spacial score (nSPS) is 28.0. The van der Waals surface area contributed by atoms with E-state index in [1.807, 2.05) is 14.0 Å². The summed E-state index contributed by atoms with van der Waals surface area (Å²) in [6.07, 6.45) is -4.22. The van der Waals surface area contributed by atoms with Crippen molar-refractivity contribution in [3.05, 3.63) is 0 Å². The third-order valence-corrected chi connectivity index (χ3v) is 3.03. The largest absolute Gasteiger partial charge is 0.405 e. The molecular weight excluding hydrogens is 207 g/mol. The Bertz CT molecular complexity index is 207. The zero-order chi connectivity index (χ0) is 11.6. The van der Waals surface area contributed by atoms with Gasteiger partial charge >= 0.3 is 6.18 Å². The molecule has 0 saturated carbocycles. The van der Waals surface area contributed by atoms with Crippen LogP contribution in [0.4, 0.5) is 13.2 Å². The number of nitrogens with zero attached hydrogens (tertiary/aromatic N) is 2. The molecule has 0 aromatic carbocycles. The van der Waals surface area contributed by atoms with Crippen LogP contribution in [0.25, 0.3) is 0 Å². The van der Waals surface area contributed by atoms with Crippen molar-refractivity contribution in [2.24, 2.45) is 5.73 Å². The van der Waals surface area contributed by atoms with Crippen molar-refractivity contribution >= 4 is 0 Å². The maximum atomic E-state index is 12.6. The second-order valence-electron chi connectivity index (χ2n) is 4.12. The number of rotatable bonds is 2. The lowest BCUT2D eigenvalue weighted by atomic mass is 10.1. The van der Waals surface area contributed by atoms with E-state index in [-0.39, 0.29) is 12.6 Å². The van der Waals surface area contributed by atoms with Gasteiger partial charge in [0.1, 0.15) is 6.04 Å². The van der Waals surface area contributed by atoms with E-state index < -0.39 is 12.2 Å². The van der Waals surface area contributed by atoms with Crippen LogP contribution in [0, 0.1) is 0 Å². The van der Waals surface area contributed by atoms with E-state index in [0.717, 1.165) is 0 Å². The molecule has 1 fully saturated rings. The molecule has 1 aliphatic heterocycles. The first kappa shape index (κ1) is 12.7. The minimum absolute atomic E-state index is 0.148. The van der Waals surface area contributed by atoms with E-state index >= 15 is 0 Å². The molecule has 2 unspecified atom stereocenters. The molecule has 0 radical (unpaired) electrons. The topological polar surface area (TPSA) is 32.5 Å². The second kappa shape index (κ2) is 4.67. The zero-order valence-electron chi connectivity index (χ0n) is 9.09. The summed E-state index contributed by atoms with van der Waals surface area (Å²) < 4.78 is 37.8. The van der Waals surface area contributed by atoms with Gasteiger partial charge in [0.05, 0.1) is 0 Å². The lowest BCUT2D eigenvalue weighted by Crippen LogP contribution is -2.59. The van der Waals surface area contributed by atoms with E-state index in [0.29, 0.717) is 19.6 Å². The van der Waals surface area contributed by atoms with Crippen LogP contribution < -0.4 is 5.73 Å². The minimum atomic E-state index is -4.22. The Balaban J connectivity index is 2.63. The van der Waals surface area contributed by atoms with Crippen LogP contribution in [0.15, 0.2) is 0 Å². The van der Waals surface area contributed by atoms with Gasteiger partial charge in [-0.15, -0.1) is 0 Å². The first-order chi connectivity index (χ1) is 6.86. The van der Waals surface area contributed by atoms with Gasteiger partial charge in [0.15, 0.2) is 0 Å². The number of hydrogen-bond acceptors (Lipinski definition) is 3. The van der Waals surface area contributed by atoms with Gasteiger partial charge in [-0.2, -0.15) is 13.2 Å². The molecule has 15 heavy (non-hydrogen) atoms. The highest BCUT2D eigenvalue weighted by molar-refractivity contribution is 4.86. The Morgan fingerprint density at radius 2 is 2.00 bits per heavy atom. The molecule has 90 valence electrons. The van der Waals surface area contributed by atoms with Gasteiger partial charge in [0, 0.05) is 32.2 Å². The smallest absolute Gasteiger partial charge is 0.329 e. The summed E-state index contributed by atoms with van der Waals surface area (Å²) in [5.74, 6) is 0. The molecule has 3 nitrogen and oxygen atoms in total. The van der Waals surface area contributed by atoms with Crippen LogP contribution in [0.2, 0.25) is 0 Å². The molecule has 6 heteroatoms. The van der Waals surface area contributed by atoms with Crippen LogP contribution in [-0.2, 0) is 0 Å². The van der Waals surface area contributed by atoms with E-state index in [2.05, 4.69) is 4.90 Å². The van der Waals surface area contributed by atoms with Gasteiger partial charge in [-0.3, -0.25) is 4.90 Å². The van der Waals surface area contributed by atoms with Gasteiger partial charge in [0.2, 0.25) is 0 Å². The van der Waals surface area contributed by atoms with E-state index in [9.17, 15) is 13.2 Å². The average Bonchev–Trinajstić information content (AvgIpc) is 2.10. The van der Waals surface area contributed by atoms with Gasteiger partial charge in [0.25, 0.3) is 0 Å². The molecule has 2 N–H and O–H groups in total. The SMILES string of the molecule is CC1CN(C(CN)C(F)(F)F)CCN1C. The summed E-state index contributed by atoms with van der Waals surface area (Å²) in [4.78, 5) is 3.49. The Morgan fingerprint density at radius 3 is 2.40 bits per heavy atom. The van der Waals surface area contributed by atoms with Crippen molar-refractivity contribution < 1.29 is 13.2 Å². The molecule has 0 bridgehead atoms. The van der Waals surface area contributed by atoms with Crippen LogP contribution in [0.3, 0.4) is 0 Å². The number of likely N-dealkylation sites (N-methyl/N-ethyl adjacent to an activating group) is 1. The monoisotopic (exact) mass is 225 g/mol. The lowest BCUT2D eigenvalue weighted by molar-refractivity contribution is -0.186. The third-order valence-electron chi connectivity index (χ3n) is 3.03. The average molecular weight is 225 g/mol. The fraction of sp³-hybridized carbons (Fsp3) is 1.00. The van der Waals surface area contributed by atoms with E-state index in [1.54, 1.807) is 0 Å². The van der Waals surface area contributed by atoms with Gasteiger partial charge in [-0.05, 0) is 14.0 Å². The molecule has 1 heterocycles. The Labute approximate surface area is 88.0 Å². The molecular formula is C9H18F3N3. The predicted molar refractivity (Wildman–Crippen MR) is 52.6 cm³/mol. The maximum absolute atomic E-state index is 12.6. The fourth-order valence-corrected chi connectivity index (χ4v) is 1.85. The van der Waals surface area contributed by atoms with E-state index in [1.165, 1.54) is 4.90 Å². The van der Waals surface area contributed by atoms with Gasteiger partial charge in [-0.25, -0.2) is 0 Å². The number of piperazine rings is 1. The Kier molecular flexibility index (Phi) is 3.97. The molecule has 0 aromatic heterocycles. The zero-order valence-corrected chi connectivity index (χ0v) is 9.09. The molecule has 0 aliphatic carbocycles. The van der Waals surface area contributed by atoms with Crippen LogP contribution in [0.5, 0.6) is 0 Å². The van der Waals surface area contributed by atoms with Crippen LogP contribution in [0.1, 0.15) is 6.92 Å². The fourth-order valence-electron chi connectivity index (χ4n) is 1.85. The standard InChI is InChI=1S/C9H18F3N3/c1-7-6-15(4-3-14(7)2)8(5-13)9(10,11)12/h7-8H,3-6,13H2,1-2H3. The highest BCUT2D eigenvalue weighted by Crippen LogP contribution is 2.25. The summed E-state index contributed by atoms with van der Waals surface area (Å²) in [5, 5.41) is 0. The summed E-state index contributed by atoms with van der Waals surface area (Å²) in [6, 6.07) is -1.34. The van der Waals surface area contributed by atoms with Crippen molar-refractivity contribution in [1.82, 2.24) is 9.80 Å². The number of hydrogen-bond donors (Lipinski definition) is 1. The maximum Gasteiger partial charge on any atom is 0.405 e. The highest BCUT2D eigenvalue weighted by Gasteiger charge is 2.43. The highest BCUT2D eigenvalue weighted by atomic mass is 19.4. The van der Waals surface area contributed by atoms with Gasteiger partial charge < -0.3 is 10.6 Å². The van der Waals surface area contributed by atoms with Crippen LogP contribution >= 0.6 is 0 Å². The number of halogens is 3. The molecule has 2 atom stereocenters. The molecule has 0 amide bonds. The van der Waals surface area contributed by atoms with Gasteiger partial charge in [-0.1, -0.05) is 0 Å². The third kappa shape index (κ3) is 3.06. The molecule has 1 rings (SSSR count).